The zero-order chi connectivity index (χ0) is 17.6. The van der Waals surface area contributed by atoms with Crippen LogP contribution in [-0.4, -0.2) is 38.2 Å². The minimum absolute atomic E-state index is 0.0724. The fraction of sp³-hybridized carbons (Fsp3) is 0.368. The first kappa shape index (κ1) is 17.6. The fourth-order valence-electron chi connectivity index (χ4n) is 2.67. The number of rotatable bonds is 6. The van der Waals surface area contributed by atoms with E-state index in [1.807, 2.05) is 18.2 Å². The van der Waals surface area contributed by atoms with Crippen LogP contribution in [0.5, 0.6) is 0 Å². The Hall–Kier alpha value is -2.18. The third kappa shape index (κ3) is 4.46. The molecule has 0 spiro atoms. The molecule has 132 valence electrons. The molecule has 25 heavy (non-hydrogen) atoms. The van der Waals surface area contributed by atoms with Crippen LogP contribution in [0.3, 0.4) is 0 Å². The molecule has 0 saturated carbocycles. The summed E-state index contributed by atoms with van der Waals surface area (Å²) >= 11 is 1.39. The highest BCUT2D eigenvalue weighted by molar-refractivity contribution is 7.17. The Bertz CT molecular complexity index is 732. The summed E-state index contributed by atoms with van der Waals surface area (Å²) in [5.41, 5.74) is 1.60. The Kier molecular flexibility index (Phi) is 5.83. The topological polar surface area (TPSA) is 64.6 Å². The lowest BCUT2D eigenvalue weighted by Crippen LogP contribution is -2.29. The monoisotopic (exact) mass is 359 g/mol. The minimum atomic E-state index is -0.300. The summed E-state index contributed by atoms with van der Waals surface area (Å²) in [7, 11) is 0. The molecule has 1 fully saturated rings. The number of amides is 1. The van der Waals surface area contributed by atoms with Gasteiger partial charge in [0.25, 0.3) is 5.91 Å². The summed E-state index contributed by atoms with van der Waals surface area (Å²) in [5.74, 6) is 0.0399. The van der Waals surface area contributed by atoms with E-state index in [1.165, 1.54) is 11.3 Å². The van der Waals surface area contributed by atoms with Gasteiger partial charge in [0.2, 0.25) is 0 Å². The largest absolute Gasteiger partial charge is 0.462 e. The molecular weight excluding hydrogens is 338 g/mol. The molecule has 1 aliphatic rings. The maximum Gasteiger partial charge on any atom is 0.348 e. The Morgan fingerprint density at radius 3 is 2.72 bits per heavy atom. The third-order valence-corrected chi connectivity index (χ3v) is 5.20. The van der Waals surface area contributed by atoms with E-state index < -0.39 is 0 Å². The molecule has 1 atom stereocenters. The molecule has 1 aliphatic heterocycles. The molecule has 2 heterocycles. The number of nitrogens with one attached hydrogen (secondary N) is 1. The van der Waals surface area contributed by atoms with Gasteiger partial charge in [0.15, 0.2) is 0 Å². The van der Waals surface area contributed by atoms with Crippen LogP contribution in [0.25, 0.3) is 10.4 Å². The van der Waals surface area contributed by atoms with Crippen LogP contribution in [0.15, 0.2) is 36.4 Å². The van der Waals surface area contributed by atoms with E-state index in [4.69, 9.17) is 9.47 Å². The lowest BCUT2D eigenvalue weighted by molar-refractivity contribution is 0.0532. The minimum Gasteiger partial charge on any atom is -0.462 e. The van der Waals surface area contributed by atoms with Crippen LogP contribution in [0.2, 0.25) is 0 Å². The lowest BCUT2D eigenvalue weighted by atomic mass is 10.1. The van der Waals surface area contributed by atoms with Crippen molar-refractivity contribution in [2.75, 3.05) is 26.4 Å². The van der Waals surface area contributed by atoms with Gasteiger partial charge in [-0.25, -0.2) is 4.79 Å². The van der Waals surface area contributed by atoms with Gasteiger partial charge in [0.1, 0.15) is 4.88 Å². The Morgan fingerprint density at radius 1 is 1.24 bits per heavy atom. The molecule has 5 nitrogen and oxygen atoms in total. The predicted octanol–water partition coefficient (Wildman–Crippen LogP) is 3.36. The van der Waals surface area contributed by atoms with E-state index in [1.54, 1.807) is 25.1 Å². The first-order chi connectivity index (χ1) is 12.2. The maximum absolute atomic E-state index is 12.2. The van der Waals surface area contributed by atoms with E-state index in [2.05, 4.69) is 5.32 Å². The number of benzene rings is 1. The number of carbonyl (C=O) groups is 2. The smallest absolute Gasteiger partial charge is 0.348 e. The van der Waals surface area contributed by atoms with E-state index in [9.17, 15) is 9.59 Å². The highest BCUT2D eigenvalue weighted by Gasteiger charge is 2.17. The SMILES string of the molecule is CCOC(=O)c1ccc(-c2ccc(C(=O)NCC3CCOC3)cc2)s1. The Labute approximate surface area is 151 Å². The van der Waals surface area contributed by atoms with Gasteiger partial charge in [-0.3, -0.25) is 4.79 Å². The first-order valence-corrected chi connectivity index (χ1v) is 9.22. The van der Waals surface area contributed by atoms with E-state index in [0.29, 0.717) is 29.5 Å². The highest BCUT2D eigenvalue weighted by atomic mass is 32.1. The molecule has 3 rings (SSSR count). The zero-order valence-electron chi connectivity index (χ0n) is 14.1. The fourth-order valence-corrected chi connectivity index (χ4v) is 3.58. The number of hydrogen-bond acceptors (Lipinski definition) is 5. The zero-order valence-corrected chi connectivity index (χ0v) is 14.9. The van der Waals surface area contributed by atoms with Gasteiger partial charge in [0.05, 0.1) is 13.2 Å². The molecule has 1 aromatic carbocycles. The number of ether oxygens (including phenoxy) is 2. The second-order valence-electron chi connectivity index (χ2n) is 5.90. The molecule has 0 bridgehead atoms. The molecule has 0 radical (unpaired) electrons. The van der Waals surface area contributed by atoms with Crippen molar-refractivity contribution in [3.05, 3.63) is 46.8 Å². The first-order valence-electron chi connectivity index (χ1n) is 8.40. The van der Waals surface area contributed by atoms with E-state index in [0.717, 1.165) is 30.1 Å². The van der Waals surface area contributed by atoms with Gasteiger partial charge < -0.3 is 14.8 Å². The molecule has 1 amide bonds. The third-order valence-electron chi connectivity index (χ3n) is 4.09. The van der Waals surface area contributed by atoms with Gasteiger partial charge in [-0.1, -0.05) is 12.1 Å². The number of hydrogen-bond donors (Lipinski definition) is 1. The van der Waals surface area contributed by atoms with Crippen molar-refractivity contribution in [3.8, 4) is 10.4 Å². The molecule has 1 N–H and O–H groups in total. The van der Waals surface area contributed by atoms with Crippen LogP contribution in [-0.2, 0) is 9.47 Å². The predicted molar refractivity (Wildman–Crippen MR) is 97.0 cm³/mol. The Balaban J connectivity index is 1.61. The summed E-state index contributed by atoms with van der Waals surface area (Å²) in [6, 6.07) is 11.1. The van der Waals surface area contributed by atoms with Crippen LogP contribution < -0.4 is 5.32 Å². The lowest BCUT2D eigenvalue weighted by Gasteiger charge is -2.09. The van der Waals surface area contributed by atoms with Gasteiger partial charge in [-0.15, -0.1) is 11.3 Å². The molecule has 0 aliphatic carbocycles. The molecule has 2 aromatic rings. The van der Waals surface area contributed by atoms with Crippen molar-refractivity contribution in [1.82, 2.24) is 5.32 Å². The van der Waals surface area contributed by atoms with Crippen molar-refractivity contribution in [1.29, 1.82) is 0 Å². The normalized spacial score (nSPS) is 16.6. The molecule has 1 aromatic heterocycles. The second kappa shape index (κ2) is 8.27. The summed E-state index contributed by atoms with van der Waals surface area (Å²) in [6.07, 6.45) is 1.00. The quantitative estimate of drug-likeness (QED) is 0.803. The number of esters is 1. The van der Waals surface area contributed by atoms with Crippen LogP contribution in [0.1, 0.15) is 33.4 Å². The van der Waals surface area contributed by atoms with Gasteiger partial charge >= 0.3 is 5.97 Å². The summed E-state index contributed by atoms with van der Waals surface area (Å²) in [5, 5.41) is 2.96. The van der Waals surface area contributed by atoms with Gasteiger partial charge in [-0.05, 0) is 43.2 Å². The summed E-state index contributed by atoms with van der Waals surface area (Å²) in [6.45, 7) is 4.30. The number of thiophene rings is 1. The van der Waals surface area contributed by atoms with Gasteiger partial charge in [-0.2, -0.15) is 0 Å². The Morgan fingerprint density at radius 2 is 2.04 bits per heavy atom. The molecular formula is C19H21NO4S. The highest BCUT2D eigenvalue weighted by Crippen LogP contribution is 2.28. The standard InChI is InChI=1S/C19H21NO4S/c1-2-24-19(22)17-8-7-16(25-17)14-3-5-15(6-4-14)18(21)20-11-13-9-10-23-12-13/h3-8,13H,2,9-12H2,1H3,(H,20,21). The van der Waals surface area contributed by atoms with E-state index in [-0.39, 0.29) is 11.9 Å². The van der Waals surface area contributed by atoms with Crippen LogP contribution in [0.4, 0.5) is 0 Å². The summed E-state index contributed by atoms with van der Waals surface area (Å²) < 4.78 is 10.3. The molecule has 6 heteroatoms. The molecule has 1 saturated heterocycles. The van der Waals surface area contributed by atoms with Crippen molar-refractivity contribution in [2.24, 2.45) is 5.92 Å². The van der Waals surface area contributed by atoms with Crippen molar-refractivity contribution >= 4 is 23.2 Å². The van der Waals surface area contributed by atoms with Gasteiger partial charge in [0, 0.05) is 29.5 Å². The second-order valence-corrected chi connectivity index (χ2v) is 6.99. The van der Waals surface area contributed by atoms with Crippen molar-refractivity contribution in [2.45, 2.75) is 13.3 Å². The van der Waals surface area contributed by atoms with E-state index >= 15 is 0 Å². The van der Waals surface area contributed by atoms with Crippen molar-refractivity contribution in [3.63, 3.8) is 0 Å². The van der Waals surface area contributed by atoms with Crippen molar-refractivity contribution < 1.29 is 19.1 Å². The summed E-state index contributed by atoms with van der Waals surface area (Å²) in [4.78, 5) is 25.5. The number of carbonyl (C=O) groups excluding carboxylic acids is 2. The van der Waals surface area contributed by atoms with Crippen LogP contribution in [0, 0.1) is 5.92 Å². The average Bonchev–Trinajstić information content (AvgIpc) is 3.32. The maximum atomic E-state index is 12.2. The van der Waals surface area contributed by atoms with Crippen LogP contribution >= 0.6 is 11.3 Å². The molecule has 1 unspecified atom stereocenters. The average molecular weight is 359 g/mol.